The zero-order chi connectivity index (χ0) is 14.5. The lowest BCUT2D eigenvalue weighted by molar-refractivity contribution is -0.142. The summed E-state index contributed by atoms with van der Waals surface area (Å²) in [5.74, 6) is -1.85. The molecule has 0 spiro atoms. The molecular weight excluding hydrogens is 268 g/mol. The minimum atomic E-state index is -0.939. The van der Waals surface area contributed by atoms with Crippen LogP contribution in [0.15, 0.2) is 24.4 Å². The lowest BCUT2D eigenvalue weighted by atomic mass is 10.3. The smallest absolute Gasteiger partial charge is 0.204 e. The zero-order valence-electron chi connectivity index (χ0n) is 11.2. The van der Waals surface area contributed by atoms with Gasteiger partial charge in [-0.1, -0.05) is 5.21 Å². The third-order valence-electron chi connectivity index (χ3n) is 2.56. The molecule has 0 aliphatic carbocycles. The van der Waals surface area contributed by atoms with Gasteiger partial charge in [-0.25, -0.2) is 13.5 Å². The van der Waals surface area contributed by atoms with E-state index < -0.39 is 17.9 Å². The second-order valence-electron chi connectivity index (χ2n) is 3.93. The van der Waals surface area contributed by atoms with E-state index in [1.807, 2.05) is 13.8 Å². The lowest BCUT2D eigenvalue weighted by Crippen LogP contribution is -2.09. The summed E-state index contributed by atoms with van der Waals surface area (Å²) in [5, 5.41) is 7.79. The van der Waals surface area contributed by atoms with E-state index in [0.29, 0.717) is 24.6 Å². The maximum Gasteiger partial charge on any atom is 0.204 e. The van der Waals surface area contributed by atoms with Crippen molar-refractivity contribution in [3.8, 4) is 5.69 Å². The van der Waals surface area contributed by atoms with Crippen LogP contribution in [0.3, 0.4) is 0 Å². The van der Waals surface area contributed by atoms with Crippen LogP contribution in [0.1, 0.15) is 25.8 Å². The first-order valence-corrected chi connectivity index (χ1v) is 6.26. The Morgan fingerprint density at radius 2 is 1.85 bits per heavy atom. The molecule has 1 heterocycles. The molecule has 0 bridgehead atoms. The van der Waals surface area contributed by atoms with Crippen molar-refractivity contribution in [3.63, 3.8) is 0 Å². The summed E-state index contributed by atoms with van der Waals surface area (Å²) >= 11 is 0. The number of halogens is 2. The summed E-state index contributed by atoms with van der Waals surface area (Å²) < 4.78 is 38.2. The lowest BCUT2D eigenvalue weighted by Gasteiger charge is -2.13. The van der Waals surface area contributed by atoms with Crippen molar-refractivity contribution in [2.75, 3.05) is 13.2 Å². The molecule has 108 valence electrons. The second kappa shape index (κ2) is 6.53. The minimum Gasteiger partial charge on any atom is -0.347 e. The van der Waals surface area contributed by atoms with Gasteiger partial charge in [0.05, 0.1) is 11.9 Å². The number of benzene rings is 1. The molecule has 0 amide bonds. The van der Waals surface area contributed by atoms with Gasteiger partial charge < -0.3 is 9.47 Å². The van der Waals surface area contributed by atoms with Gasteiger partial charge in [0.15, 0.2) is 11.6 Å². The fourth-order valence-corrected chi connectivity index (χ4v) is 1.66. The molecule has 0 fully saturated rings. The van der Waals surface area contributed by atoms with E-state index in [4.69, 9.17) is 9.47 Å². The third kappa shape index (κ3) is 3.17. The maximum absolute atomic E-state index is 13.2. The van der Waals surface area contributed by atoms with Gasteiger partial charge in [-0.3, -0.25) is 0 Å². The van der Waals surface area contributed by atoms with E-state index in [0.717, 1.165) is 12.1 Å². The fourth-order valence-electron chi connectivity index (χ4n) is 1.66. The number of hydrogen-bond donors (Lipinski definition) is 0. The van der Waals surface area contributed by atoms with Crippen LogP contribution in [0.4, 0.5) is 8.78 Å². The van der Waals surface area contributed by atoms with Gasteiger partial charge in [0.2, 0.25) is 6.29 Å². The molecule has 0 aliphatic rings. The van der Waals surface area contributed by atoms with Crippen LogP contribution in [0.2, 0.25) is 0 Å². The zero-order valence-corrected chi connectivity index (χ0v) is 11.2. The molecule has 0 N–H and O–H groups in total. The van der Waals surface area contributed by atoms with Crippen LogP contribution in [0.5, 0.6) is 0 Å². The Morgan fingerprint density at radius 3 is 2.45 bits per heavy atom. The molecular formula is C13H15F2N3O2. The van der Waals surface area contributed by atoms with E-state index >= 15 is 0 Å². The topological polar surface area (TPSA) is 49.2 Å². The monoisotopic (exact) mass is 283 g/mol. The molecule has 0 unspecified atom stereocenters. The molecule has 1 aromatic carbocycles. The highest BCUT2D eigenvalue weighted by Crippen LogP contribution is 2.18. The summed E-state index contributed by atoms with van der Waals surface area (Å²) in [6.45, 7) is 4.60. The third-order valence-corrected chi connectivity index (χ3v) is 2.56. The van der Waals surface area contributed by atoms with Crippen LogP contribution in [-0.4, -0.2) is 28.2 Å². The van der Waals surface area contributed by atoms with Gasteiger partial charge in [-0.05, 0) is 26.0 Å². The summed E-state index contributed by atoms with van der Waals surface area (Å²) in [5.41, 5.74) is 0.841. The maximum atomic E-state index is 13.2. The van der Waals surface area contributed by atoms with Gasteiger partial charge >= 0.3 is 0 Å². The molecule has 2 rings (SSSR count). The van der Waals surface area contributed by atoms with Gasteiger partial charge in [-0.2, -0.15) is 0 Å². The minimum absolute atomic E-state index is 0.370. The Bertz CT molecular complexity index is 568. The van der Waals surface area contributed by atoms with Crippen molar-refractivity contribution in [1.82, 2.24) is 15.0 Å². The van der Waals surface area contributed by atoms with Crippen molar-refractivity contribution >= 4 is 0 Å². The Kier molecular flexibility index (Phi) is 4.75. The fraction of sp³-hybridized carbons (Fsp3) is 0.385. The van der Waals surface area contributed by atoms with E-state index in [9.17, 15) is 8.78 Å². The van der Waals surface area contributed by atoms with Gasteiger partial charge in [0.1, 0.15) is 5.69 Å². The Labute approximate surface area is 115 Å². The first-order chi connectivity index (χ1) is 9.65. The van der Waals surface area contributed by atoms with Crippen LogP contribution >= 0.6 is 0 Å². The number of nitrogens with zero attached hydrogens (tertiary/aromatic N) is 3. The summed E-state index contributed by atoms with van der Waals surface area (Å²) in [6.07, 6.45) is 0.937. The average molecular weight is 283 g/mol. The SMILES string of the molecule is CCOC(OCC)c1cn(-c2ccc(F)c(F)c2)nn1. The Hall–Kier alpha value is -1.86. The van der Waals surface area contributed by atoms with Crippen LogP contribution in [0.25, 0.3) is 5.69 Å². The molecule has 0 aliphatic heterocycles. The first-order valence-electron chi connectivity index (χ1n) is 6.26. The number of ether oxygens (including phenoxy) is 2. The molecule has 20 heavy (non-hydrogen) atoms. The van der Waals surface area contributed by atoms with Crippen LogP contribution in [0, 0.1) is 11.6 Å². The largest absolute Gasteiger partial charge is 0.347 e. The number of rotatable bonds is 6. The average Bonchev–Trinajstić information content (AvgIpc) is 2.91. The number of aromatic nitrogens is 3. The molecule has 0 radical (unpaired) electrons. The highest BCUT2D eigenvalue weighted by Gasteiger charge is 2.16. The summed E-state index contributed by atoms with van der Waals surface area (Å²) in [7, 11) is 0. The van der Waals surface area contributed by atoms with Crippen molar-refractivity contribution in [2.45, 2.75) is 20.1 Å². The van der Waals surface area contributed by atoms with E-state index in [2.05, 4.69) is 10.3 Å². The van der Waals surface area contributed by atoms with Gasteiger partial charge in [0, 0.05) is 19.3 Å². The predicted molar refractivity (Wildman–Crippen MR) is 67.3 cm³/mol. The quantitative estimate of drug-likeness (QED) is 0.765. The Morgan fingerprint density at radius 1 is 1.15 bits per heavy atom. The van der Waals surface area contributed by atoms with Gasteiger partial charge in [0.25, 0.3) is 0 Å². The molecule has 0 atom stereocenters. The Balaban J connectivity index is 2.24. The van der Waals surface area contributed by atoms with E-state index in [-0.39, 0.29) is 0 Å². The number of hydrogen-bond acceptors (Lipinski definition) is 4. The van der Waals surface area contributed by atoms with Crippen molar-refractivity contribution in [2.24, 2.45) is 0 Å². The van der Waals surface area contributed by atoms with Crippen molar-refractivity contribution in [3.05, 3.63) is 41.7 Å². The highest BCUT2D eigenvalue weighted by molar-refractivity contribution is 5.31. The van der Waals surface area contributed by atoms with Crippen molar-refractivity contribution < 1.29 is 18.3 Å². The summed E-state index contributed by atoms with van der Waals surface area (Å²) in [6, 6.07) is 3.49. The molecule has 5 nitrogen and oxygen atoms in total. The van der Waals surface area contributed by atoms with Crippen molar-refractivity contribution in [1.29, 1.82) is 0 Å². The normalized spacial score (nSPS) is 11.2. The van der Waals surface area contributed by atoms with Gasteiger partial charge in [-0.15, -0.1) is 5.10 Å². The predicted octanol–water partition coefficient (Wildman–Crippen LogP) is 2.62. The molecule has 0 saturated carbocycles. The van der Waals surface area contributed by atoms with E-state index in [1.54, 1.807) is 6.20 Å². The molecule has 1 aromatic heterocycles. The first kappa shape index (κ1) is 14.5. The summed E-state index contributed by atoms with van der Waals surface area (Å²) in [4.78, 5) is 0. The van der Waals surface area contributed by atoms with Crippen LogP contribution in [-0.2, 0) is 9.47 Å². The molecule has 2 aromatic rings. The molecule has 0 saturated heterocycles. The van der Waals surface area contributed by atoms with E-state index in [1.165, 1.54) is 10.7 Å². The second-order valence-corrected chi connectivity index (χ2v) is 3.93. The standard InChI is InChI=1S/C13H15F2N3O2/c1-3-19-13(20-4-2)12-8-18(17-16-12)9-5-6-10(14)11(15)7-9/h5-8,13H,3-4H2,1-2H3. The highest BCUT2D eigenvalue weighted by atomic mass is 19.2. The van der Waals surface area contributed by atoms with Crippen LogP contribution < -0.4 is 0 Å². The molecule has 7 heteroatoms.